The molecule has 0 aromatic carbocycles. The van der Waals surface area contributed by atoms with Gasteiger partial charge >= 0.3 is 0 Å². The summed E-state index contributed by atoms with van der Waals surface area (Å²) in [6.07, 6.45) is 4.06. The number of nitrogens with one attached hydrogen (secondary N) is 1. The molecule has 0 bridgehead atoms. The topological polar surface area (TPSA) is 68.0 Å². The number of hydrogen-bond acceptors (Lipinski definition) is 4. The van der Waals surface area contributed by atoms with Crippen LogP contribution in [0.1, 0.15) is 36.3 Å². The van der Waals surface area contributed by atoms with Crippen LogP contribution in [0.15, 0.2) is 0 Å². The molecule has 4 nitrogen and oxygen atoms in total. The number of nitrogens with zero attached hydrogens (tertiary/aromatic N) is 1. The van der Waals surface area contributed by atoms with Crippen LogP contribution in [0.2, 0.25) is 0 Å². The van der Waals surface area contributed by atoms with E-state index in [0.29, 0.717) is 5.92 Å². The van der Waals surface area contributed by atoms with E-state index in [0.717, 1.165) is 43.1 Å². The summed E-state index contributed by atoms with van der Waals surface area (Å²) in [7, 11) is 0. The minimum atomic E-state index is -0.132. The highest BCUT2D eigenvalue weighted by Gasteiger charge is 2.24. The third-order valence-corrected chi connectivity index (χ3v) is 4.85. The second kappa shape index (κ2) is 5.69. The molecular weight excluding hydrogens is 246 g/mol. The molecule has 0 radical (unpaired) electrons. The highest BCUT2D eigenvalue weighted by atomic mass is 32.1. The molecule has 0 spiro atoms. The fourth-order valence-corrected chi connectivity index (χ4v) is 3.25. The lowest BCUT2D eigenvalue weighted by molar-refractivity contribution is -0.122. The lowest BCUT2D eigenvalue weighted by atomic mass is 9.82. The Morgan fingerprint density at radius 1 is 1.39 bits per heavy atom. The van der Waals surface area contributed by atoms with Crippen molar-refractivity contribution in [3.05, 3.63) is 10.6 Å². The Labute approximate surface area is 112 Å². The maximum absolute atomic E-state index is 11.1. The maximum Gasteiger partial charge on any atom is 0.220 e. The van der Waals surface area contributed by atoms with Crippen molar-refractivity contribution < 1.29 is 4.79 Å². The number of aromatic nitrogens is 1. The van der Waals surface area contributed by atoms with Crippen molar-refractivity contribution in [2.75, 3.05) is 11.9 Å². The number of carbonyl (C=O) groups excluding carboxylic acids is 1. The van der Waals surface area contributed by atoms with Crippen LogP contribution in [-0.4, -0.2) is 17.4 Å². The molecule has 0 atom stereocenters. The van der Waals surface area contributed by atoms with Crippen molar-refractivity contribution in [1.82, 2.24) is 4.98 Å². The van der Waals surface area contributed by atoms with E-state index in [4.69, 9.17) is 5.73 Å². The first-order valence-corrected chi connectivity index (χ1v) is 7.35. The molecule has 5 heteroatoms. The van der Waals surface area contributed by atoms with Crippen LogP contribution in [0.4, 0.5) is 5.13 Å². The molecule has 1 fully saturated rings. The normalized spacial score (nSPS) is 23.9. The standard InChI is InChI=1S/C13H21N3OS/c1-8-9(2)18-13(16-8)15-7-10-3-5-11(6-4-10)12(14)17/h10-11H,3-7H2,1-2H3,(H2,14,17)(H,15,16). The van der Waals surface area contributed by atoms with Crippen molar-refractivity contribution in [3.63, 3.8) is 0 Å². The Kier molecular flexibility index (Phi) is 4.22. The van der Waals surface area contributed by atoms with Crippen molar-refractivity contribution >= 4 is 22.4 Å². The number of rotatable bonds is 4. The lowest BCUT2D eigenvalue weighted by Gasteiger charge is -2.26. The van der Waals surface area contributed by atoms with E-state index in [1.54, 1.807) is 11.3 Å². The fraction of sp³-hybridized carbons (Fsp3) is 0.692. The minimum absolute atomic E-state index is 0.102. The van der Waals surface area contributed by atoms with Crippen molar-refractivity contribution in [2.24, 2.45) is 17.6 Å². The monoisotopic (exact) mass is 267 g/mol. The molecule has 1 aromatic rings. The van der Waals surface area contributed by atoms with Gasteiger partial charge in [0.1, 0.15) is 0 Å². The Bertz CT molecular complexity index is 402. The molecule has 0 aliphatic heterocycles. The number of primary amides is 1. The van der Waals surface area contributed by atoms with Gasteiger partial charge in [0.15, 0.2) is 5.13 Å². The third kappa shape index (κ3) is 3.22. The van der Waals surface area contributed by atoms with Crippen LogP contribution < -0.4 is 11.1 Å². The summed E-state index contributed by atoms with van der Waals surface area (Å²) in [6, 6.07) is 0. The summed E-state index contributed by atoms with van der Waals surface area (Å²) in [4.78, 5) is 16.8. The number of anilines is 1. The van der Waals surface area contributed by atoms with Crippen LogP contribution in [0.25, 0.3) is 0 Å². The van der Waals surface area contributed by atoms with Crippen LogP contribution in [-0.2, 0) is 4.79 Å². The van der Waals surface area contributed by atoms with Gasteiger partial charge in [-0.25, -0.2) is 4.98 Å². The summed E-state index contributed by atoms with van der Waals surface area (Å²) in [5.41, 5.74) is 6.45. The zero-order valence-corrected chi connectivity index (χ0v) is 11.8. The van der Waals surface area contributed by atoms with Crippen molar-refractivity contribution in [2.45, 2.75) is 39.5 Å². The molecule has 0 unspecified atom stereocenters. The zero-order valence-electron chi connectivity index (χ0n) is 11.0. The van der Waals surface area contributed by atoms with Gasteiger partial charge in [0.05, 0.1) is 5.69 Å². The average Bonchev–Trinajstić information content (AvgIpc) is 2.67. The molecule has 1 aliphatic carbocycles. The molecule has 1 saturated carbocycles. The molecular formula is C13H21N3OS. The first-order valence-electron chi connectivity index (χ1n) is 6.53. The molecule has 100 valence electrons. The van der Waals surface area contributed by atoms with Gasteiger partial charge in [-0.05, 0) is 45.4 Å². The Morgan fingerprint density at radius 3 is 2.56 bits per heavy atom. The summed E-state index contributed by atoms with van der Waals surface area (Å²) < 4.78 is 0. The average molecular weight is 267 g/mol. The molecule has 1 heterocycles. The van der Waals surface area contributed by atoms with Crippen LogP contribution in [0, 0.1) is 25.7 Å². The van der Waals surface area contributed by atoms with Gasteiger partial charge in [0, 0.05) is 17.3 Å². The van der Waals surface area contributed by atoms with Gasteiger partial charge in [0.2, 0.25) is 5.91 Å². The largest absolute Gasteiger partial charge is 0.369 e. The number of thiazole rings is 1. The molecule has 18 heavy (non-hydrogen) atoms. The summed E-state index contributed by atoms with van der Waals surface area (Å²) in [5.74, 6) is 0.614. The fourth-order valence-electron chi connectivity index (χ4n) is 2.43. The Morgan fingerprint density at radius 2 is 2.06 bits per heavy atom. The van der Waals surface area contributed by atoms with E-state index in [-0.39, 0.29) is 11.8 Å². The Balaban J connectivity index is 1.77. The highest BCUT2D eigenvalue weighted by molar-refractivity contribution is 7.15. The number of nitrogens with two attached hydrogens (primary N) is 1. The van der Waals surface area contributed by atoms with E-state index in [1.165, 1.54) is 4.88 Å². The van der Waals surface area contributed by atoms with Crippen LogP contribution >= 0.6 is 11.3 Å². The van der Waals surface area contributed by atoms with E-state index in [9.17, 15) is 4.79 Å². The first kappa shape index (κ1) is 13.3. The van der Waals surface area contributed by atoms with E-state index in [1.807, 2.05) is 6.92 Å². The van der Waals surface area contributed by atoms with Gasteiger partial charge in [0.25, 0.3) is 0 Å². The van der Waals surface area contributed by atoms with Gasteiger partial charge in [-0.15, -0.1) is 11.3 Å². The molecule has 0 saturated heterocycles. The predicted molar refractivity (Wildman–Crippen MR) is 74.7 cm³/mol. The Hall–Kier alpha value is -1.10. The van der Waals surface area contributed by atoms with Gasteiger partial charge in [-0.2, -0.15) is 0 Å². The van der Waals surface area contributed by atoms with Gasteiger partial charge in [-0.1, -0.05) is 0 Å². The van der Waals surface area contributed by atoms with E-state index in [2.05, 4.69) is 17.2 Å². The predicted octanol–water partition coefficient (Wildman–Crippen LogP) is 2.46. The molecule has 2 rings (SSSR count). The molecule has 1 aliphatic rings. The number of carbonyl (C=O) groups is 1. The van der Waals surface area contributed by atoms with Crippen LogP contribution in [0.5, 0.6) is 0 Å². The maximum atomic E-state index is 11.1. The third-order valence-electron chi connectivity index (χ3n) is 3.82. The molecule has 3 N–H and O–H groups in total. The quantitative estimate of drug-likeness (QED) is 0.880. The lowest BCUT2D eigenvalue weighted by Crippen LogP contribution is -2.29. The second-order valence-electron chi connectivity index (χ2n) is 5.16. The SMILES string of the molecule is Cc1nc(NCC2CCC(C(N)=O)CC2)sc1C. The summed E-state index contributed by atoms with van der Waals surface area (Å²) in [5, 5.41) is 4.43. The van der Waals surface area contributed by atoms with E-state index >= 15 is 0 Å². The minimum Gasteiger partial charge on any atom is -0.369 e. The highest BCUT2D eigenvalue weighted by Crippen LogP contribution is 2.29. The van der Waals surface area contributed by atoms with Crippen LogP contribution in [0.3, 0.4) is 0 Å². The summed E-state index contributed by atoms with van der Waals surface area (Å²) in [6.45, 7) is 5.09. The number of hydrogen-bond donors (Lipinski definition) is 2. The number of aryl methyl sites for hydroxylation is 2. The smallest absolute Gasteiger partial charge is 0.220 e. The van der Waals surface area contributed by atoms with E-state index < -0.39 is 0 Å². The summed E-state index contributed by atoms with van der Waals surface area (Å²) >= 11 is 1.71. The van der Waals surface area contributed by atoms with Gasteiger partial charge in [-0.3, -0.25) is 4.79 Å². The van der Waals surface area contributed by atoms with Gasteiger partial charge < -0.3 is 11.1 Å². The number of amides is 1. The zero-order chi connectivity index (χ0) is 13.1. The molecule has 1 amide bonds. The van der Waals surface area contributed by atoms with Crippen molar-refractivity contribution in [1.29, 1.82) is 0 Å². The van der Waals surface area contributed by atoms with Crippen molar-refractivity contribution in [3.8, 4) is 0 Å². The molecule has 1 aromatic heterocycles. The second-order valence-corrected chi connectivity index (χ2v) is 6.36. The first-order chi connectivity index (χ1) is 8.56.